The third-order valence-corrected chi connectivity index (χ3v) is 4.70. The van der Waals surface area contributed by atoms with E-state index in [-0.39, 0.29) is 36.1 Å². The summed E-state index contributed by atoms with van der Waals surface area (Å²) in [7, 11) is 0. The third-order valence-electron chi connectivity index (χ3n) is 4.70. The second-order valence-electron chi connectivity index (χ2n) is 6.82. The van der Waals surface area contributed by atoms with Crippen molar-refractivity contribution in [3.05, 3.63) is 42.4 Å². The predicted molar refractivity (Wildman–Crippen MR) is 108 cm³/mol. The molecule has 2 N–H and O–H groups in total. The van der Waals surface area contributed by atoms with Gasteiger partial charge in [-0.15, -0.1) is 24.8 Å². The van der Waals surface area contributed by atoms with Gasteiger partial charge in [-0.3, -0.25) is 4.79 Å². The van der Waals surface area contributed by atoms with E-state index < -0.39 is 0 Å². The molecule has 0 unspecified atom stereocenters. The molecule has 1 aromatic carbocycles. The Labute approximate surface area is 167 Å². The average molecular weight is 400 g/mol. The van der Waals surface area contributed by atoms with Crippen molar-refractivity contribution in [2.75, 3.05) is 19.6 Å². The maximum absolute atomic E-state index is 12.1. The standard InChI is InChI=1S/C19H25N3O2.2ClH/c1-19(9-11-20-12-10-19)14-22-17(23)7-8-18-21-13-16(24-18)15-5-3-2-4-6-15;;/h2-6,13,20H,7-12,14H2,1H3,(H,22,23);2*1H. The fourth-order valence-electron chi connectivity index (χ4n) is 2.99. The van der Waals surface area contributed by atoms with E-state index in [0.717, 1.165) is 43.8 Å². The molecule has 7 heteroatoms. The van der Waals surface area contributed by atoms with Crippen LogP contribution >= 0.6 is 24.8 Å². The number of carbonyl (C=O) groups is 1. The van der Waals surface area contributed by atoms with E-state index in [0.29, 0.717) is 18.7 Å². The number of carbonyl (C=O) groups excluding carboxylic acids is 1. The monoisotopic (exact) mass is 399 g/mol. The minimum absolute atomic E-state index is 0. The number of hydrogen-bond acceptors (Lipinski definition) is 4. The first-order chi connectivity index (χ1) is 11.6. The number of hydrogen-bond donors (Lipinski definition) is 2. The first kappa shape index (κ1) is 22.5. The zero-order valence-electron chi connectivity index (χ0n) is 15.0. The lowest BCUT2D eigenvalue weighted by Gasteiger charge is -2.34. The maximum atomic E-state index is 12.1. The number of halogens is 2. The van der Waals surface area contributed by atoms with Crippen LogP contribution in [-0.2, 0) is 11.2 Å². The fourth-order valence-corrected chi connectivity index (χ4v) is 2.99. The number of aromatic nitrogens is 1. The molecule has 3 rings (SSSR count). The van der Waals surface area contributed by atoms with Crippen LogP contribution in [0.15, 0.2) is 40.9 Å². The molecule has 2 aromatic rings. The van der Waals surface area contributed by atoms with Gasteiger partial charge in [-0.05, 0) is 31.3 Å². The Morgan fingerprint density at radius 1 is 1.23 bits per heavy atom. The van der Waals surface area contributed by atoms with Gasteiger partial charge in [0.15, 0.2) is 11.7 Å². The van der Waals surface area contributed by atoms with Gasteiger partial charge in [-0.25, -0.2) is 4.98 Å². The number of nitrogens with zero attached hydrogens (tertiary/aromatic N) is 1. The molecule has 26 heavy (non-hydrogen) atoms. The second-order valence-corrected chi connectivity index (χ2v) is 6.82. The largest absolute Gasteiger partial charge is 0.441 e. The van der Waals surface area contributed by atoms with E-state index >= 15 is 0 Å². The molecule has 1 aliphatic heterocycles. The average Bonchev–Trinajstić information content (AvgIpc) is 3.09. The van der Waals surface area contributed by atoms with E-state index in [9.17, 15) is 4.79 Å². The van der Waals surface area contributed by atoms with Gasteiger partial charge < -0.3 is 15.1 Å². The van der Waals surface area contributed by atoms with E-state index in [2.05, 4.69) is 22.5 Å². The highest BCUT2D eigenvalue weighted by molar-refractivity contribution is 5.85. The highest BCUT2D eigenvalue weighted by atomic mass is 35.5. The molecule has 2 heterocycles. The Hall–Kier alpha value is -1.56. The number of oxazole rings is 1. The summed E-state index contributed by atoms with van der Waals surface area (Å²) in [6.07, 6.45) is 4.86. The number of rotatable bonds is 6. The van der Waals surface area contributed by atoms with Gasteiger partial charge in [-0.2, -0.15) is 0 Å². The normalized spacial score (nSPS) is 15.4. The van der Waals surface area contributed by atoms with Crippen LogP contribution in [-0.4, -0.2) is 30.5 Å². The fraction of sp³-hybridized carbons (Fsp3) is 0.474. The molecule has 0 atom stereocenters. The zero-order chi connectivity index (χ0) is 16.8. The molecule has 0 bridgehead atoms. The van der Waals surface area contributed by atoms with Crippen LogP contribution in [0.1, 0.15) is 32.1 Å². The highest BCUT2D eigenvalue weighted by Gasteiger charge is 2.26. The van der Waals surface area contributed by atoms with E-state index in [1.165, 1.54) is 0 Å². The molecular weight excluding hydrogens is 373 g/mol. The highest BCUT2D eigenvalue weighted by Crippen LogP contribution is 2.26. The Balaban J connectivity index is 0.00000169. The van der Waals surface area contributed by atoms with Gasteiger partial charge in [0.05, 0.1) is 6.20 Å². The SMILES string of the molecule is CC1(CNC(=O)CCc2ncc(-c3ccccc3)o2)CCNCC1.Cl.Cl. The van der Waals surface area contributed by atoms with E-state index in [4.69, 9.17) is 4.42 Å². The van der Waals surface area contributed by atoms with Gasteiger partial charge in [0, 0.05) is 24.9 Å². The smallest absolute Gasteiger partial charge is 0.220 e. The summed E-state index contributed by atoms with van der Waals surface area (Å²) < 4.78 is 5.74. The van der Waals surface area contributed by atoms with Gasteiger partial charge in [0.2, 0.25) is 5.91 Å². The summed E-state index contributed by atoms with van der Waals surface area (Å²) in [4.78, 5) is 16.4. The van der Waals surface area contributed by atoms with E-state index in [1.807, 2.05) is 30.3 Å². The lowest BCUT2D eigenvalue weighted by Crippen LogP contribution is -2.42. The van der Waals surface area contributed by atoms with Crippen LogP contribution in [0.25, 0.3) is 11.3 Å². The molecule has 1 amide bonds. The number of piperidine rings is 1. The number of aryl methyl sites for hydroxylation is 1. The molecule has 1 aromatic heterocycles. The minimum atomic E-state index is 0. The molecule has 1 fully saturated rings. The first-order valence-electron chi connectivity index (χ1n) is 8.62. The number of nitrogens with one attached hydrogen (secondary N) is 2. The van der Waals surface area contributed by atoms with Gasteiger partial charge in [0.25, 0.3) is 0 Å². The number of benzene rings is 1. The Morgan fingerprint density at radius 3 is 2.62 bits per heavy atom. The lowest BCUT2D eigenvalue weighted by molar-refractivity contribution is -0.121. The van der Waals surface area contributed by atoms with Gasteiger partial charge in [0.1, 0.15) is 0 Å². The zero-order valence-corrected chi connectivity index (χ0v) is 16.6. The molecule has 0 spiro atoms. The van der Waals surface area contributed by atoms with Crippen molar-refractivity contribution in [2.45, 2.75) is 32.6 Å². The Bertz CT molecular complexity index is 670. The van der Waals surface area contributed by atoms with Crippen molar-refractivity contribution >= 4 is 30.7 Å². The van der Waals surface area contributed by atoms with Crippen molar-refractivity contribution in [3.63, 3.8) is 0 Å². The van der Waals surface area contributed by atoms with E-state index in [1.54, 1.807) is 6.20 Å². The quantitative estimate of drug-likeness (QED) is 0.777. The minimum Gasteiger partial charge on any atom is -0.441 e. The van der Waals surface area contributed by atoms with Crippen molar-refractivity contribution in [1.29, 1.82) is 0 Å². The Kier molecular flexibility index (Phi) is 9.13. The van der Waals surface area contributed by atoms with Gasteiger partial charge >= 0.3 is 0 Å². The molecular formula is C19H27Cl2N3O2. The van der Waals surface area contributed by atoms with Crippen LogP contribution in [0.3, 0.4) is 0 Å². The van der Waals surface area contributed by atoms with Crippen LogP contribution < -0.4 is 10.6 Å². The molecule has 0 radical (unpaired) electrons. The van der Waals surface area contributed by atoms with Crippen molar-refractivity contribution < 1.29 is 9.21 Å². The van der Waals surface area contributed by atoms with Crippen molar-refractivity contribution in [2.24, 2.45) is 5.41 Å². The van der Waals surface area contributed by atoms with Crippen molar-refractivity contribution in [1.82, 2.24) is 15.6 Å². The summed E-state index contributed by atoms with van der Waals surface area (Å²) in [5.74, 6) is 1.42. The van der Waals surface area contributed by atoms with Crippen LogP contribution in [0.5, 0.6) is 0 Å². The molecule has 1 saturated heterocycles. The topological polar surface area (TPSA) is 67.2 Å². The van der Waals surface area contributed by atoms with Crippen molar-refractivity contribution in [3.8, 4) is 11.3 Å². The summed E-state index contributed by atoms with van der Waals surface area (Å²) in [5, 5.41) is 6.42. The second kappa shape index (κ2) is 10.6. The lowest BCUT2D eigenvalue weighted by atomic mass is 9.81. The predicted octanol–water partition coefficient (Wildman–Crippen LogP) is 3.62. The summed E-state index contributed by atoms with van der Waals surface area (Å²) >= 11 is 0. The van der Waals surface area contributed by atoms with Crippen LogP contribution in [0.4, 0.5) is 0 Å². The number of amides is 1. The third kappa shape index (κ3) is 6.31. The summed E-state index contributed by atoms with van der Waals surface area (Å²) in [6.45, 7) is 5.05. The molecule has 1 aliphatic rings. The maximum Gasteiger partial charge on any atom is 0.220 e. The summed E-state index contributed by atoms with van der Waals surface area (Å²) in [5.41, 5.74) is 1.21. The van der Waals surface area contributed by atoms with Gasteiger partial charge in [-0.1, -0.05) is 37.3 Å². The molecule has 0 saturated carbocycles. The summed E-state index contributed by atoms with van der Waals surface area (Å²) in [6, 6.07) is 9.86. The molecule has 144 valence electrons. The molecule has 0 aliphatic carbocycles. The molecule has 5 nitrogen and oxygen atoms in total. The van der Waals surface area contributed by atoms with Crippen LogP contribution in [0.2, 0.25) is 0 Å². The van der Waals surface area contributed by atoms with Crippen LogP contribution in [0, 0.1) is 5.41 Å². The first-order valence-corrected chi connectivity index (χ1v) is 8.62. The Morgan fingerprint density at radius 2 is 1.92 bits per heavy atom.